The summed E-state index contributed by atoms with van der Waals surface area (Å²) in [5.41, 5.74) is 9.71. The van der Waals surface area contributed by atoms with E-state index < -0.39 is 5.97 Å². The molecule has 0 atom stereocenters. The smallest absolute Gasteiger partial charge is 0.356 e. The van der Waals surface area contributed by atoms with E-state index >= 15 is 0 Å². The summed E-state index contributed by atoms with van der Waals surface area (Å²) in [5.74, 6) is -0.0497. The number of carbonyl (C=O) groups excluding carboxylic acids is 1. The highest BCUT2D eigenvalue weighted by Crippen LogP contribution is 2.23. The molecule has 0 radical (unpaired) electrons. The Kier molecular flexibility index (Phi) is 3.89. The van der Waals surface area contributed by atoms with Crippen LogP contribution in [0.2, 0.25) is 0 Å². The molecule has 0 amide bonds. The Bertz CT molecular complexity index is 633. The third kappa shape index (κ3) is 3.06. The first kappa shape index (κ1) is 13.9. The minimum absolute atomic E-state index is 0.216. The lowest BCUT2D eigenvalue weighted by Gasteiger charge is -2.11. The molecule has 0 saturated carbocycles. The molecule has 5 heteroatoms. The largest absolute Gasteiger partial charge is 0.464 e. The third-order valence-electron chi connectivity index (χ3n) is 2.81. The number of rotatable bonds is 3. The summed E-state index contributed by atoms with van der Waals surface area (Å²) in [4.78, 5) is 15.7. The fourth-order valence-electron chi connectivity index (χ4n) is 1.97. The fourth-order valence-corrected chi connectivity index (χ4v) is 1.97. The summed E-state index contributed by atoms with van der Waals surface area (Å²) in [6.45, 7) is 4.03. The van der Waals surface area contributed by atoms with Gasteiger partial charge < -0.3 is 15.8 Å². The van der Waals surface area contributed by atoms with Gasteiger partial charge in [-0.25, -0.2) is 9.78 Å². The number of ether oxygens (including phenoxy) is 1. The summed E-state index contributed by atoms with van der Waals surface area (Å²) in [6, 6.07) is 9.21. The molecule has 5 nitrogen and oxygen atoms in total. The van der Waals surface area contributed by atoms with Crippen LogP contribution in [0.4, 0.5) is 17.2 Å². The Balaban J connectivity index is 2.34. The van der Waals surface area contributed by atoms with Crippen molar-refractivity contribution in [3.8, 4) is 0 Å². The molecule has 20 heavy (non-hydrogen) atoms. The zero-order valence-electron chi connectivity index (χ0n) is 11.7. The number of aromatic nitrogens is 1. The maximum absolute atomic E-state index is 11.5. The first-order chi connectivity index (χ1) is 9.49. The number of anilines is 3. The SMILES string of the molecule is COC(=O)c1ccc(N)c(Nc2cc(C)cc(C)c2)n1. The van der Waals surface area contributed by atoms with Crippen LogP contribution >= 0.6 is 0 Å². The highest BCUT2D eigenvalue weighted by Gasteiger charge is 2.10. The first-order valence-corrected chi connectivity index (χ1v) is 6.20. The second kappa shape index (κ2) is 5.61. The van der Waals surface area contributed by atoms with Crippen LogP contribution in [-0.4, -0.2) is 18.1 Å². The number of hydrogen-bond donors (Lipinski definition) is 2. The standard InChI is InChI=1S/C15H17N3O2/c1-9-6-10(2)8-11(7-9)17-14-12(16)4-5-13(18-14)15(19)20-3/h4-8H,16H2,1-3H3,(H,17,18). The minimum Gasteiger partial charge on any atom is -0.464 e. The maximum atomic E-state index is 11.5. The van der Waals surface area contributed by atoms with E-state index in [4.69, 9.17) is 5.73 Å². The van der Waals surface area contributed by atoms with Crippen molar-refractivity contribution in [2.24, 2.45) is 0 Å². The van der Waals surface area contributed by atoms with Crippen LogP contribution in [0.25, 0.3) is 0 Å². The van der Waals surface area contributed by atoms with Gasteiger partial charge in [0.05, 0.1) is 12.8 Å². The van der Waals surface area contributed by atoms with Gasteiger partial charge in [-0.1, -0.05) is 6.07 Å². The predicted octanol–water partition coefficient (Wildman–Crippen LogP) is 2.81. The monoisotopic (exact) mass is 271 g/mol. The number of pyridine rings is 1. The zero-order chi connectivity index (χ0) is 14.7. The molecule has 0 saturated heterocycles. The molecule has 0 unspecified atom stereocenters. The van der Waals surface area contributed by atoms with Gasteiger partial charge in [0.25, 0.3) is 0 Å². The Morgan fingerprint density at radius 2 is 1.85 bits per heavy atom. The Morgan fingerprint density at radius 3 is 2.45 bits per heavy atom. The number of methoxy groups -OCH3 is 1. The second-order valence-corrected chi connectivity index (χ2v) is 4.63. The molecule has 0 aliphatic heterocycles. The number of aryl methyl sites for hydroxylation is 2. The summed E-state index contributed by atoms with van der Waals surface area (Å²) in [5, 5.41) is 3.13. The van der Waals surface area contributed by atoms with E-state index in [2.05, 4.69) is 21.1 Å². The van der Waals surface area contributed by atoms with Crippen molar-refractivity contribution >= 4 is 23.2 Å². The van der Waals surface area contributed by atoms with Gasteiger partial charge in [-0.2, -0.15) is 0 Å². The van der Waals surface area contributed by atoms with E-state index in [-0.39, 0.29) is 5.69 Å². The number of hydrogen-bond acceptors (Lipinski definition) is 5. The van der Waals surface area contributed by atoms with Crippen LogP contribution in [0.1, 0.15) is 21.6 Å². The minimum atomic E-state index is -0.492. The molecule has 1 heterocycles. The quantitative estimate of drug-likeness (QED) is 0.839. The van der Waals surface area contributed by atoms with Crippen molar-refractivity contribution in [3.05, 3.63) is 47.2 Å². The third-order valence-corrected chi connectivity index (χ3v) is 2.81. The molecule has 0 spiro atoms. The molecular formula is C15H17N3O2. The fraction of sp³-hybridized carbons (Fsp3) is 0.200. The molecule has 0 fully saturated rings. The predicted molar refractivity (Wildman–Crippen MR) is 79.2 cm³/mol. The van der Waals surface area contributed by atoms with Gasteiger partial charge >= 0.3 is 5.97 Å². The molecule has 3 N–H and O–H groups in total. The summed E-state index contributed by atoms with van der Waals surface area (Å²) in [6.07, 6.45) is 0. The van der Waals surface area contributed by atoms with E-state index in [0.29, 0.717) is 11.5 Å². The van der Waals surface area contributed by atoms with Crippen molar-refractivity contribution in [3.63, 3.8) is 0 Å². The van der Waals surface area contributed by atoms with Crippen LogP contribution in [0.15, 0.2) is 30.3 Å². The van der Waals surface area contributed by atoms with Crippen LogP contribution in [0.3, 0.4) is 0 Å². The second-order valence-electron chi connectivity index (χ2n) is 4.63. The average Bonchev–Trinajstić information content (AvgIpc) is 2.39. The highest BCUT2D eigenvalue weighted by atomic mass is 16.5. The Morgan fingerprint density at radius 1 is 1.20 bits per heavy atom. The molecule has 0 bridgehead atoms. The van der Waals surface area contributed by atoms with Gasteiger partial charge in [0.15, 0.2) is 11.5 Å². The summed E-state index contributed by atoms with van der Waals surface area (Å²) < 4.78 is 4.65. The molecule has 104 valence electrons. The molecule has 2 rings (SSSR count). The molecular weight excluding hydrogens is 254 g/mol. The average molecular weight is 271 g/mol. The number of nitrogens with zero attached hydrogens (tertiary/aromatic N) is 1. The number of nitrogen functional groups attached to an aromatic ring is 1. The van der Waals surface area contributed by atoms with E-state index in [1.54, 1.807) is 6.07 Å². The van der Waals surface area contributed by atoms with E-state index in [9.17, 15) is 4.79 Å². The Hall–Kier alpha value is -2.56. The molecule has 1 aromatic heterocycles. The van der Waals surface area contributed by atoms with Crippen LogP contribution in [0.5, 0.6) is 0 Å². The van der Waals surface area contributed by atoms with Crippen molar-refractivity contribution < 1.29 is 9.53 Å². The van der Waals surface area contributed by atoms with Gasteiger partial charge in [-0.3, -0.25) is 0 Å². The molecule has 0 aliphatic carbocycles. The van der Waals surface area contributed by atoms with Gasteiger partial charge in [0.1, 0.15) is 0 Å². The number of benzene rings is 1. The lowest BCUT2D eigenvalue weighted by Crippen LogP contribution is -2.08. The normalized spacial score (nSPS) is 10.2. The number of carbonyl (C=O) groups is 1. The summed E-state index contributed by atoms with van der Waals surface area (Å²) in [7, 11) is 1.32. The van der Waals surface area contributed by atoms with E-state index in [0.717, 1.165) is 16.8 Å². The number of esters is 1. The highest BCUT2D eigenvalue weighted by molar-refractivity contribution is 5.88. The van der Waals surface area contributed by atoms with E-state index in [1.807, 2.05) is 26.0 Å². The van der Waals surface area contributed by atoms with Crippen molar-refractivity contribution in [1.82, 2.24) is 4.98 Å². The number of nitrogens with two attached hydrogens (primary N) is 1. The van der Waals surface area contributed by atoms with Gasteiger partial charge in [0.2, 0.25) is 0 Å². The van der Waals surface area contributed by atoms with Gasteiger partial charge in [-0.15, -0.1) is 0 Å². The Labute approximate surface area is 117 Å². The maximum Gasteiger partial charge on any atom is 0.356 e. The first-order valence-electron chi connectivity index (χ1n) is 6.20. The topological polar surface area (TPSA) is 77.2 Å². The van der Waals surface area contributed by atoms with E-state index in [1.165, 1.54) is 13.2 Å². The van der Waals surface area contributed by atoms with Crippen LogP contribution < -0.4 is 11.1 Å². The van der Waals surface area contributed by atoms with Crippen LogP contribution in [0, 0.1) is 13.8 Å². The van der Waals surface area contributed by atoms with Crippen LogP contribution in [-0.2, 0) is 4.74 Å². The molecule has 2 aromatic rings. The van der Waals surface area contributed by atoms with Gasteiger partial charge in [-0.05, 0) is 49.2 Å². The lowest BCUT2D eigenvalue weighted by atomic mass is 10.1. The summed E-state index contributed by atoms with van der Waals surface area (Å²) >= 11 is 0. The zero-order valence-corrected chi connectivity index (χ0v) is 11.7. The number of nitrogens with one attached hydrogen (secondary N) is 1. The molecule has 1 aromatic carbocycles. The van der Waals surface area contributed by atoms with Gasteiger partial charge in [0, 0.05) is 5.69 Å². The lowest BCUT2D eigenvalue weighted by molar-refractivity contribution is 0.0594. The van der Waals surface area contributed by atoms with Crippen molar-refractivity contribution in [2.75, 3.05) is 18.2 Å². The molecule has 0 aliphatic rings. The van der Waals surface area contributed by atoms with Crippen molar-refractivity contribution in [2.45, 2.75) is 13.8 Å². The van der Waals surface area contributed by atoms with Crippen molar-refractivity contribution in [1.29, 1.82) is 0 Å².